The van der Waals surface area contributed by atoms with Gasteiger partial charge in [-0.1, -0.05) is 17.7 Å². The minimum absolute atomic E-state index is 0.0148. The molecule has 2 aromatic carbocycles. The van der Waals surface area contributed by atoms with Gasteiger partial charge in [-0.05, 0) is 42.5 Å². The lowest BCUT2D eigenvalue weighted by molar-refractivity contribution is -0.137. The van der Waals surface area contributed by atoms with E-state index in [4.69, 9.17) is 16.3 Å². The van der Waals surface area contributed by atoms with E-state index in [0.717, 1.165) is 12.1 Å². The molecule has 0 spiro atoms. The Morgan fingerprint density at radius 3 is 2.08 bits per heavy atom. The average molecular weight is 387 g/mol. The predicted molar refractivity (Wildman–Crippen MR) is 91.0 cm³/mol. The Balaban J connectivity index is 1.76. The number of anilines is 2. The lowest BCUT2D eigenvalue weighted by Gasteiger charge is -2.10. The van der Waals surface area contributed by atoms with Crippen LogP contribution in [0.25, 0.3) is 0 Å². The third-order valence-electron chi connectivity index (χ3n) is 3.07. The number of halogens is 4. The van der Waals surface area contributed by atoms with E-state index in [-0.39, 0.29) is 5.69 Å². The van der Waals surface area contributed by atoms with Crippen molar-refractivity contribution in [1.82, 2.24) is 0 Å². The van der Waals surface area contributed by atoms with Gasteiger partial charge in [0.25, 0.3) is 0 Å². The summed E-state index contributed by atoms with van der Waals surface area (Å²) in [5, 5.41) is 5.33. The van der Waals surface area contributed by atoms with Crippen LogP contribution in [0, 0.1) is 0 Å². The Morgan fingerprint density at radius 1 is 0.923 bits per heavy atom. The van der Waals surface area contributed by atoms with Crippen LogP contribution in [0.1, 0.15) is 5.56 Å². The van der Waals surface area contributed by atoms with Gasteiger partial charge >= 0.3 is 6.18 Å². The van der Waals surface area contributed by atoms with Gasteiger partial charge in [-0.3, -0.25) is 9.59 Å². The molecule has 0 aromatic heterocycles. The Morgan fingerprint density at radius 2 is 1.50 bits per heavy atom. The number of alkyl halides is 3. The fourth-order valence-corrected chi connectivity index (χ4v) is 2.06. The zero-order valence-electron chi connectivity index (χ0n) is 13.3. The second-order valence-corrected chi connectivity index (χ2v) is 5.61. The molecule has 2 amide bonds. The molecule has 9 heteroatoms. The quantitative estimate of drug-likeness (QED) is 0.789. The van der Waals surface area contributed by atoms with Crippen molar-refractivity contribution in [1.29, 1.82) is 0 Å². The number of nitrogens with one attached hydrogen (secondary N) is 2. The fourth-order valence-electron chi connectivity index (χ4n) is 1.94. The van der Waals surface area contributed by atoms with Crippen molar-refractivity contribution in [2.75, 3.05) is 23.8 Å². The van der Waals surface area contributed by atoms with Gasteiger partial charge in [0, 0.05) is 16.4 Å². The molecule has 2 N–H and O–H groups in total. The first-order chi connectivity index (χ1) is 12.2. The molecule has 0 aliphatic heterocycles. The molecule has 0 fully saturated rings. The molecule has 0 unspecified atom stereocenters. The molecular weight excluding hydrogens is 373 g/mol. The smallest absolute Gasteiger partial charge is 0.362 e. The van der Waals surface area contributed by atoms with E-state index in [1.165, 1.54) is 12.1 Å². The number of amides is 2. The molecule has 5 nitrogen and oxygen atoms in total. The van der Waals surface area contributed by atoms with Crippen LogP contribution in [0.5, 0.6) is 0 Å². The zero-order chi connectivity index (χ0) is 19.2. The van der Waals surface area contributed by atoms with E-state index in [1.807, 2.05) is 0 Å². The van der Waals surface area contributed by atoms with Gasteiger partial charge in [-0.2, -0.15) is 13.2 Å². The second-order valence-electron chi connectivity index (χ2n) is 5.17. The van der Waals surface area contributed by atoms with E-state index in [1.54, 1.807) is 24.3 Å². The summed E-state index contributed by atoms with van der Waals surface area (Å²) in [6.45, 7) is -0.872. The van der Waals surface area contributed by atoms with Crippen LogP contribution in [0.4, 0.5) is 24.5 Å². The van der Waals surface area contributed by atoms with Crippen LogP contribution < -0.4 is 10.6 Å². The third kappa shape index (κ3) is 6.38. The van der Waals surface area contributed by atoms with E-state index in [2.05, 4.69) is 10.6 Å². The number of carbonyl (C=O) groups is 2. The molecule has 0 aliphatic carbocycles. The summed E-state index contributed by atoms with van der Waals surface area (Å²) in [6.07, 6.45) is -4.50. The van der Waals surface area contributed by atoms with Crippen molar-refractivity contribution in [3.63, 3.8) is 0 Å². The number of hydrogen-bond donors (Lipinski definition) is 2. The molecular formula is C17H14ClF3N2O3. The Labute approximate surface area is 152 Å². The van der Waals surface area contributed by atoms with Gasteiger partial charge in [0.15, 0.2) is 0 Å². The normalized spacial score (nSPS) is 11.1. The summed E-state index contributed by atoms with van der Waals surface area (Å²) in [4.78, 5) is 23.4. The van der Waals surface area contributed by atoms with Gasteiger partial charge in [0.2, 0.25) is 11.8 Å². The molecule has 0 atom stereocenters. The summed E-state index contributed by atoms with van der Waals surface area (Å²) >= 11 is 5.72. The molecule has 0 saturated heterocycles. The van der Waals surface area contributed by atoms with Crippen molar-refractivity contribution in [2.45, 2.75) is 6.18 Å². The standard InChI is InChI=1S/C17H14ClF3N2O3/c18-12-4-6-13(7-5-12)22-15(24)9-26-10-16(25)23-14-3-1-2-11(8-14)17(19,20)21/h1-8H,9-10H2,(H,22,24)(H,23,25). The maximum absolute atomic E-state index is 12.6. The lowest BCUT2D eigenvalue weighted by atomic mass is 10.2. The summed E-state index contributed by atoms with van der Waals surface area (Å²) in [5.41, 5.74) is -0.381. The monoisotopic (exact) mass is 386 g/mol. The average Bonchev–Trinajstić information content (AvgIpc) is 2.56. The van der Waals surface area contributed by atoms with Gasteiger partial charge in [-0.15, -0.1) is 0 Å². The minimum atomic E-state index is -4.50. The number of hydrogen-bond acceptors (Lipinski definition) is 3. The first-order valence-electron chi connectivity index (χ1n) is 7.34. The largest absolute Gasteiger partial charge is 0.416 e. The van der Waals surface area contributed by atoms with Crippen LogP contribution in [0.3, 0.4) is 0 Å². The van der Waals surface area contributed by atoms with Crippen molar-refractivity contribution >= 4 is 34.8 Å². The van der Waals surface area contributed by atoms with Crippen LogP contribution in [-0.4, -0.2) is 25.0 Å². The molecule has 26 heavy (non-hydrogen) atoms. The summed E-state index contributed by atoms with van der Waals surface area (Å²) in [5.74, 6) is -1.16. The molecule has 2 rings (SSSR count). The SMILES string of the molecule is O=C(COCC(=O)Nc1cccc(C(F)(F)F)c1)Nc1ccc(Cl)cc1. The minimum Gasteiger partial charge on any atom is -0.362 e. The van der Waals surface area contributed by atoms with Crippen LogP contribution >= 0.6 is 11.6 Å². The summed E-state index contributed by atoms with van der Waals surface area (Å²) in [7, 11) is 0. The molecule has 0 radical (unpaired) electrons. The molecule has 2 aromatic rings. The van der Waals surface area contributed by atoms with Gasteiger partial charge in [0.05, 0.1) is 5.56 Å². The number of carbonyl (C=O) groups excluding carboxylic acids is 2. The van der Waals surface area contributed by atoms with Gasteiger partial charge in [-0.25, -0.2) is 0 Å². The highest BCUT2D eigenvalue weighted by molar-refractivity contribution is 6.30. The topological polar surface area (TPSA) is 67.4 Å². The van der Waals surface area contributed by atoms with Crippen molar-refractivity contribution < 1.29 is 27.5 Å². The highest BCUT2D eigenvalue weighted by Gasteiger charge is 2.30. The van der Waals surface area contributed by atoms with E-state index in [9.17, 15) is 22.8 Å². The number of ether oxygens (including phenoxy) is 1. The van der Waals surface area contributed by atoms with Crippen molar-refractivity contribution in [2.24, 2.45) is 0 Å². The van der Waals surface area contributed by atoms with Crippen LogP contribution in [0.2, 0.25) is 5.02 Å². The third-order valence-corrected chi connectivity index (χ3v) is 3.32. The number of rotatable bonds is 6. The van der Waals surface area contributed by atoms with Gasteiger partial charge in [0.1, 0.15) is 13.2 Å². The molecule has 0 bridgehead atoms. The highest BCUT2D eigenvalue weighted by Crippen LogP contribution is 2.30. The lowest BCUT2D eigenvalue weighted by Crippen LogP contribution is -2.24. The van der Waals surface area contributed by atoms with Crippen LogP contribution in [0.15, 0.2) is 48.5 Å². The molecule has 138 valence electrons. The first-order valence-corrected chi connectivity index (χ1v) is 7.72. The second kappa shape index (κ2) is 8.68. The van der Waals surface area contributed by atoms with E-state index in [0.29, 0.717) is 10.7 Å². The van der Waals surface area contributed by atoms with Gasteiger partial charge < -0.3 is 15.4 Å². The first kappa shape index (κ1) is 19.7. The van der Waals surface area contributed by atoms with Crippen molar-refractivity contribution in [3.05, 3.63) is 59.1 Å². The predicted octanol–water partition coefficient (Wildman–Crippen LogP) is 3.95. The highest BCUT2D eigenvalue weighted by atomic mass is 35.5. The Bertz CT molecular complexity index is 780. The zero-order valence-corrected chi connectivity index (χ0v) is 14.0. The van der Waals surface area contributed by atoms with Crippen LogP contribution in [-0.2, 0) is 20.5 Å². The number of benzene rings is 2. The Hall–Kier alpha value is -2.58. The molecule has 0 saturated carbocycles. The maximum Gasteiger partial charge on any atom is 0.416 e. The summed E-state index contributed by atoms with van der Waals surface area (Å²) < 4.78 is 42.8. The van der Waals surface area contributed by atoms with Crippen molar-refractivity contribution in [3.8, 4) is 0 Å². The fraction of sp³-hybridized carbons (Fsp3) is 0.176. The molecule has 0 aliphatic rings. The molecule has 0 heterocycles. The Kier molecular flexibility index (Phi) is 6.59. The maximum atomic E-state index is 12.6. The van der Waals surface area contributed by atoms with E-state index < -0.39 is 36.8 Å². The van der Waals surface area contributed by atoms with E-state index >= 15 is 0 Å². The summed E-state index contributed by atoms with van der Waals surface area (Å²) in [6, 6.07) is 10.6.